The number of ether oxygens (including phenoxy) is 1. The average molecular weight is 347 g/mol. The van der Waals surface area contributed by atoms with Crippen LogP contribution in [0.3, 0.4) is 0 Å². The highest BCUT2D eigenvalue weighted by Gasteiger charge is 2.31. The van der Waals surface area contributed by atoms with Crippen molar-refractivity contribution in [2.45, 2.75) is 12.9 Å². The summed E-state index contributed by atoms with van der Waals surface area (Å²) >= 11 is 3.05. The van der Waals surface area contributed by atoms with Crippen LogP contribution in [0.2, 0.25) is 0 Å². The van der Waals surface area contributed by atoms with Crippen molar-refractivity contribution in [2.75, 3.05) is 5.32 Å². The zero-order valence-electron chi connectivity index (χ0n) is 10.1. The van der Waals surface area contributed by atoms with Crippen LogP contribution >= 0.6 is 15.9 Å². The van der Waals surface area contributed by atoms with E-state index < -0.39 is 6.36 Å². The van der Waals surface area contributed by atoms with E-state index in [2.05, 4.69) is 31.0 Å². The molecule has 7 heteroatoms. The lowest BCUT2D eigenvalue weighted by molar-refractivity contribution is -0.274. The van der Waals surface area contributed by atoms with Gasteiger partial charge in [-0.15, -0.1) is 13.2 Å². The summed E-state index contributed by atoms with van der Waals surface area (Å²) in [7, 11) is 0. The van der Waals surface area contributed by atoms with Gasteiger partial charge in [0.05, 0.1) is 4.47 Å². The molecule has 0 aliphatic rings. The number of anilines is 1. The van der Waals surface area contributed by atoms with Gasteiger partial charge in [-0.25, -0.2) is 0 Å². The van der Waals surface area contributed by atoms with Gasteiger partial charge in [-0.1, -0.05) is 6.07 Å². The maximum atomic E-state index is 12.1. The molecule has 0 aliphatic heterocycles. The van der Waals surface area contributed by atoms with E-state index in [1.165, 1.54) is 18.2 Å². The van der Waals surface area contributed by atoms with Gasteiger partial charge in [-0.05, 0) is 45.8 Å². The first-order valence-electron chi connectivity index (χ1n) is 5.62. The summed E-state index contributed by atoms with van der Waals surface area (Å²) in [5, 5.41) is 3.09. The Labute approximate surface area is 121 Å². The molecule has 3 nitrogen and oxygen atoms in total. The molecule has 20 heavy (non-hydrogen) atoms. The Morgan fingerprint density at radius 2 is 2.05 bits per heavy atom. The molecular formula is C13H10BrF3N2O. The summed E-state index contributed by atoms with van der Waals surface area (Å²) in [6.45, 7) is 0.528. The Morgan fingerprint density at radius 1 is 1.25 bits per heavy atom. The Hall–Kier alpha value is -1.76. The van der Waals surface area contributed by atoms with E-state index in [0.717, 1.165) is 5.56 Å². The number of halogens is 4. The van der Waals surface area contributed by atoms with Gasteiger partial charge in [0.2, 0.25) is 0 Å². The molecule has 0 saturated heterocycles. The van der Waals surface area contributed by atoms with Gasteiger partial charge in [0.1, 0.15) is 5.75 Å². The number of nitrogens with one attached hydrogen (secondary N) is 1. The Morgan fingerprint density at radius 3 is 2.65 bits per heavy atom. The third-order valence-electron chi connectivity index (χ3n) is 2.38. The number of pyridine rings is 1. The van der Waals surface area contributed by atoms with Gasteiger partial charge in [0.15, 0.2) is 0 Å². The first kappa shape index (κ1) is 14.6. The topological polar surface area (TPSA) is 34.1 Å². The standard InChI is InChI=1S/C13H10BrF3N2O/c14-11-6-10(3-4-12(11)20-13(15,16)17)19-8-9-2-1-5-18-7-9/h1-7,19H,8H2. The SMILES string of the molecule is FC(F)(F)Oc1ccc(NCc2cccnc2)cc1Br. The Kier molecular flexibility index (Phi) is 4.49. The summed E-state index contributed by atoms with van der Waals surface area (Å²) in [4.78, 5) is 3.97. The van der Waals surface area contributed by atoms with E-state index >= 15 is 0 Å². The molecule has 0 saturated carbocycles. The van der Waals surface area contributed by atoms with Crippen LogP contribution < -0.4 is 10.1 Å². The van der Waals surface area contributed by atoms with Crippen molar-refractivity contribution in [3.63, 3.8) is 0 Å². The van der Waals surface area contributed by atoms with E-state index in [0.29, 0.717) is 12.2 Å². The molecular weight excluding hydrogens is 337 g/mol. The highest BCUT2D eigenvalue weighted by atomic mass is 79.9. The fourth-order valence-electron chi connectivity index (χ4n) is 1.53. The molecule has 1 heterocycles. The monoisotopic (exact) mass is 346 g/mol. The van der Waals surface area contributed by atoms with Crippen LogP contribution in [0.1, 0.15) is 5.56 Å². The quantitative estimate of drug-likeness (QED) is 0.893. The molecule has 106 valence electrons. The van der Waals surface area contributed by atoms with Crippen molar-refractivity contribution in [3.8, 4) is 5.75 Å². The largest absolute Gasteiger partial charge is 0.573 e. The summed E-state index contributed by atoms with van der Waals surface area (Å²) < 4.78 is 40.5. The van der Waals surface area contributed by atoms with Crippen LogP contribution in [0.15, 0.2) is 47.2 Å². The first-order valence-corrected chi connectivity index (χ1v) is 6.41. The third kappa shape index (κ3) is 4.41. The molecule has 1 N–H and O–H groups in total. The third-order valence-corrected chi connectivity index (χ3v) is 3.00. The molecule has 0 amide bonds. The molecule has 1 aromatic heterocycles. The van der Waals surface area contributed by atoms with Gasteiger partial charge >= 0.3 is 6.36 Å². The fourth-order valence-corrected chi connectivity index (χ4v) is 1.98. The molecule has 0 spiro atoms. The van der Waals surface area contributed by atoms with Crippen LogP contribution in [0.25, 0.3) is 0 Å². The number of hydrogen-bond acceptors (Lipinski definition) is 3. The van der Waals surface area contributed by atoms with Crippen LogP contribution in [0, 0.1) is 0 Å². The number of nitrogens with zero attached hydrogens (tertiary/aromatic N) is 1. The molecule has 0 aliphatic carbocycles. The zero-order chi connectivity index (χ0) is 14.6. The van der Waals surface area contributed by atoms with Crippen molar-refractivity contribution in [2.24, 2.45) is 0 Å². The number of hydrogen-bond donors (Lipinski definition) is 1. The molecule has 0 atom stereocenters. The Balaban J connectivity index is 2.02. The first-order chi connectivity index (χ1) is 9.44. The van der Waals surface area contributed by atoms with E-state index in [9.17, 15) is 13.2 Å². The number of aromatic nitrogens is 1. The maximum Gasteiger partial charge on any atom is 0.573 e. The molecule has 0 unspecified atom stereocenters. The molecule has 0 bridgehead atoms. The molecule has 0 fully saturated rings. The molecule has 0 radical (unpaired) electrons. The van der Waals surface area contributed by atoms with Gasteiger partial charge in [-0.2, -0.15) is 0 Å². The summed E-state index contributed by atoms with van der Waals surface area (Å²) in [5.41, 5.74) is 1.65. The van der Waals surface area contributed by atoms with Crippen LogP contribution in [-0.4, -0.2) is 11.3 Å². The van der Waals surface area contributed by atoms with Gasteiger partial charge in [0, 0.05) is 24.6 Å². The van der Waals surface area contributed by atoms with Crippen LogP contribution in [-0.2, 0) is 6.54 Å². The second kappa shape index (κ2) is 6.13. The number of rotatable bonds is 4. The van der Waals surface area contributed by atoms with Gasteiger partial charge in [0.25, 0.3) is 0 Å². The van der Waals surface area contributed by atoms with E-state index in [-0.39, 0.29) is 10.2 Å². The number of alkyl halides is 3. The van der Waals surface area contributed by atoms with E-state index in [1.807, 2.05) is 12.1 Å². The summed E-state index contributed by atoms with van der Waals surface area (Å²) in [5.74, 6) is -0.274. The predicted molar refractivity (Wildman–Crippen MR) is 72.4 cm³/mol. The lowest BCUT2D eigenvalue weighted by Gasteiger charge is -2.12. The molecule has 1 aromatic carbocycles. The smallest absolute Gasteiger partial charge is 0.405 e. The minimum Gasteiger partial charge on any atom is -0.405 e. The van der Waals surface area contributed by atoms with Crippen molar-refractivity contribution < 1.29 is 17.9 Å². The van der Waals surface area contributed by atoms with Gasteiger partial charge in [-0.3, -0.25) is 4.98 Å². The van der Waals surface area contributed by atoms with Crippen LogP contribution in [0.5, 0.6) is 5.75 Å². The van der Waals surface area contributed by atoms with Gasteiger partial charge < -0.3 is 10.1 Å². The minimum absolute atomic E-state index is 0.228. The summed E-state index contributed by atoms with van der Waals surface area (Å²) in [6.07, 6.45) is -1.32. The predicted octanol–water partition coefficient (Wildman–Crippen LogP) is 4.35. The second-order valence-electron chi connectivity index (χ2n) is 3.91. The van der Waals surface area contributed by atoms with Crippen molar-refractivity contribution in [1.82, 2.24) is 4.98 Å². The highest BCUT2D eigenvalue weighted by molar-refractivity contribution is 9.10. The van der Waals surface area contributed by atoms with Crippen molar-refractivity contribution >= 4 is 21.6 Å². The maximum absolute atomic E-state index is 12.1. The van der Waals surface area contributed by atoms with Crippen molar-refractivity contribution in [1.29, 1.82) is 0 Å². The second-order valence-corrected chi connectivity index (χ2v) is 4.76. The normalized spacial score (nSPS) is 11.2. The molecule has 2 aromatic rings. The lowest BCUT2D eigenvalue weighted by Crippen LogP contribution is -2.17. The minimum atomic E-state index is -4.70. The summed E-state index contributed by atoms with van der Waals surface area (Å²) in [6, 6.07) is 8.01. The molecule has 2 rings (SSSR count). The highest BCUT2D eigenvalue weighted by Crippen LogP contribution is 2.32. The fraction of sp³-hybridized carbons (Fsp3) is 0.154. The zero-order valence-corrected chi connectivity index (χ0v) is 11.7. The number of benzene rings is 1. The van der Waals surface area contributed by atoms with Crippen LogP contribution in [0.4, 0.5) is 18.9 Å². The van der Waals surface area contributed by atoms with Crippen molar-refractivity contribution in [3.05, 3.63) is 52.8 Å². The van der Waals surface area contributed by atoms with E-state index in [1.54, 1.807) is 12.4 Å². The lowest BCUT2D eigenvalue weighted by atomic mass is 10.2. The average Bonchev–Trinajstić information content (AvgIpc) is 2.39. The Bertz CT molecular complexity index is 576. The van der Waals surface area contributed by atoms with E-state index in [4.69, 9.17) is 0 Å².